The Labute approximate surface area is 92.2 Å². The molecular weight excluding hydrogens is 170 g/mol. The largest absolute Gasteiger partial charge is 0.317 e. The molecule has 1 nitrogen and oxygen atoms in total. The highest BCUT2D eigenvalue weighted by Gasteiger charge is 1.90. The van der Waals surface area contributed by atoms with Crippen molar-refractivity contribution < 1.29 is 1.43 Å². The van der Waals surface area contributed by atoms with Gasteiger partial charge in [-0.2, -0.15) is 0 Å². The molecule has 0 saturated carbocycles. The van der Waals surface area contributed by atoms with E-state index >= 15 is 0 Å². The molecule has 0 unspecified atom stereocenters. The van der Waals surface area contributed by atoms with Gasteiger partial charge in [-0.1, -0.05) is 58.8 Å². The van der Waals surface area contributed by atoms with Gasteiger partial charge in [0.1, 0.15) is 0 Å². The number of unbranched alkanes of at least 4 members (excludes halogenated alkanes) is 7. The normalized spacial score (nSPS) is 10.7. The van der Waals surface area contributed by atoms with Crippen molar-refractivity contribution in [3.63, 3.8) is 0 Å². The highest BCUT2D eigenvalue weighted by atomic mass is 14.8. The van der Waals surface area contributed by atoms with Gasteiger partial charge in [0.25, 0.3) is 0 Å². The van der Waals surface area contributed by atoms with Crippen molar-refractivity contribution in [2.75, 3.05) is 13.1 Å². The van der Waals surface area contributed by atoms with Crippen LogP contribution in [0.15, 0.2) is 0 Å². The van der Waals surface area contributed by atoms with Gasteiger partial charge in [-0.25, -0.2) is 0 Å². The molecule has 14 heavy (non-hydrogen) atoms. The SMILES string of the molecule is CCCCCCCCCCNCCC.[HH]. The maximum atomic E-state index is 3.45. The molecule has 0 aromatic rings. The van der Waals surface area contributed by atoms with Crippen LogP contribution in [-0.4, -0.2) is 13.1 Å². The fourth-order valence-corrected chi connectivity index (χ4v) is 1.69. The molecule has 0 aliphatic carbocycles. The Kier molecular flexibility index (Phi) is 12.9. The molecule has 0 atom stereocenters. The van der Waals surface area contributed by atoms with E-state index in [1.54, 1.807) is 0 Å². The van der Waals surface area contributed by atoms with Gasteiger partial charge in [0.05, 0.1) is 0 Å². The van der Waals surface area contributed by atoms with Gasteiger partial charge in [0.15, 0.2) is 0 Å². The molecule has 0 spiro atoms. The first kappa shape index (κ1) is 14.0. The lowest BCUT2D eigenvalue weighted by Gasteiger charge is -2.03. The van der Waals surface area contributed by atoms with Crippen molar-refractivity contribution in [3.8, 4) is 0 Å². The van der Waals surface area contributed by atoms with E-state index in [1.165, 1.54) is 70.9 Å². The summed E-state index contributed by atoms with van der Waals surface area (Å²) in [4.78, 5) is 0. The standard InChI is InChI=1S/C13H29N.H2/c1-3-5-6-7-8-9-10-11-13-14-12-4-2;/h14H,3-13H2,1-2H3;1H. The van der Waals surface area contributed by atoms with Crippen molar-refractivity contribution in [2.45, 2.75) is 71.6 Å². The summed E-state index contributed by atoms with van der Waals surface area (Å²) >= 11 is 0. The Morgan fingerprint density at radius 1 is 0.643 bits per heavy atom. The Bertz CT molecular complexity index is 84.5. The van der Waals surface area contributed by atoms with Crippen LogP contribution in [0.1, 0.15) is 73.1 Å². The molecule has 0 aromatic heterocycles. The van der Waals surface area contributed by atoms with Crippen molar-refractivity contribution in [1.29, 1.82) is 0 Å². The Balaban J connectivity index is 0. The molecule has 0 saturated heterocycles. The first-order valence-electron chi connectivity index (χ1n) is 6.62. The number of hydrogen-bond donors (Lipinski definition) is 1. The van der Waals surface area contributed by atoms with Crippen LogP contribution in [0.3, 0.4) is 0 Å². The molecule has 0 radical (unpaired) electrons. The molecule has 88 valence electrons. The first-order valence-corrected chi connectivity index (χ1v) is 6.62. The van der Waals surface area contributed by atoms with Crippen molar-refractivity contribution in [1.82, 2.24) is 5.32 Å². The average Bonchev–Trinajstić information content (AvgIpc) is 2.21. The second-order valence-corrected chi connectivity index (χ2v) is 4.22. The van der Waals surface area contributed by atoms with E-state index in [4.69, 9.17) is 0 Å². The van der Waals surface area contributed by atoms with Gasteiger partial charge in [-0.15, -0.1) is 0 Å². The second kappa shape index (κ2) is 13.0. The van der Waals surface area contributed by atoms with Gasteiger partial charge in [0, 0.05) is 1.43 Å². The van der Waals surface area contributed by atoms with E-state index in [0.29, 0.717) is 0 Å². The minimum absolute atomic E-state index is 0. The molecule has 0 fully saturated rings. The summed E-state index contributed by atoms with van der Waals surface area (Å²) in [5.74, 6) is 0. The fraction of sp³-hybridized carbons (Fsp3) is 1.00. The number of nitrogens with one attached hydrogen (secondary N) is 1. The van der Waals surface area contributed by atoms with Crippen molar-refractivity contribution in [2.24, 2.45) is 0 Å². The van der Waals surface area contributed by atoms with E-state index < -0.39 is 0 Å². The summed E-state index contributed by atoms with van der Waals surface area (Å²) in [7, 11) is 0. The first-order chi connectivity index (χ1) is 6.91. The number of hydrogen-bond acceptors (Lipinski definition) is 1. The van der Waals surface area contributed by atoms with Crippen LogP contribution in [0, 0.1) is 0 Å². The molecule has 0 aliphatic heterocycles. The van der Waals surface area contributed by atoms with Gasteiger partial charge in [0.2, 0.25) is 0 Å². The monoisotopic (exact) mass is 201 g/mol. The molecule has 0 bridgehead atoms. The third kappa shape index (κ3) is 12.0. The zero-order chi connectivity index (χ0) is 10.5. The van der Waals surface area contributed by atoms with Crippen LogP contribution in [0.25, 0.3) is 0 Å². The minimum Gasteiger partial charge on any atom is -0.317 e. The molecule has 1 N–H and O–H groups in total. The van der Waals surface area contributed by atoms with Crippen LogP contribution < -0.4 is 5.32 Å². The van der Waals surface area contributed by atoms with E-state index in [0.717, 1.165) is 0 Å². The maximum Gasteiger partial charge on any atom is 0 e. The number of rotatable bonds is 11. The molecule has 0 rings (SSSR count). The average molecular weight is 201 g/mol. The van der Waals surface area contributed by atoms with Gasteiger partial charge in [-0.05, 0) is 25.9 Å². The highest BCUT2D eigenvalue weighted by Crippen LogP contribution is 2.07. The molecule has 0 heterocycles. The van der Waals surface area contributed by atoms with Gasteiger partial charge >= 0.3 is 0 Å². The predicted octanol–water partition coefficient (Wildman–Crippen LogP) is 4.37. The molecule has 0 amide bonds. The summed E-state index contributed by atoms with van der Waals surface area (Å²) in [5.41, 5.74) is 0. The lowest BCUT2D eigenvalue weighted by molar-refractivity contribution is 0.554. The minimum atomic E-state index is 0. The Morgan fingerprint density at radius 3 is 1.79 bits per heavy atom. The highest BCUT2D eigenvalue weighted by molar-refractivity contribution is 4.49. The third-order valence-electron chi connectivity index (χ3n) is 2.63. The molecule has 0 aliphatic rings. The van der Waals surface area contributed by atoms with E-state index in [1.807, 2.05) is 0 Å². The van der Waals surface area contributed by atoms with Gasteiger partial charge in [-0.3, -0.25) is 0 Å². The van der Waals surface area contributed by atoms with Crippen LogP contribution in [0.2, 0.25) is 0 Å². The topological polar surface area (TPSA) is 12.0 Å². The van der Waals surface area contributed by atoms with Crippen LogP contribution >= 0.6 is 0 Å². The third-order valence-corrected chi connectivity index (χ3v) is 2.63. The van der Waals surface area contributed by atoms with Crippen LogP contribution in [0.5, 0.6) is 0 Å². The summed E-state index contributed by atoms with van der Waals surface area (Å²) in [6.45, 7) is 6.92. The van der Waals surface area contributed by atoms with Gasteiger partial charge < -0.3 is 5.32 Å². The van der Waals surface area contributed by atoms with E-state index in [2.05, 4.69) is 19.2 Å². The second-order valence-electron chi connectivity index (χ2n) is 4.22. The molecule has 0 aromatic carbocycles. The quantitative estimate of drug-likeness (QED) is 0.489. The van der Waals surface area contributed by atoms with Crippen molar-refractivity contribution >= 4 is 0 Å². The lowest BCUT2D eigenvalue weighted by Crippen LogP contribution is -2.15. The maximum absolute atomic E-state index is 3.45. The summed E-state index contributed by atoms with van der Waals surface area (Å²) in [5, 5.41) is 3.45. The van der Waals surface area contributed by atoms with Crippen LogP contribution in [-0.2, 0) is 0 Å². The predicted molar refractivity (Wildman–Crippen MR) is 67.9 cm³/mol. The summed E-state index contributed by atoms with van der Waals surface area (Å²) in [6, 6.07) is 0. The smallest absolute Gasteiger partial charge is 0 e. The lowest BCUT2D eigenvalue weighted by atomic mass is 10.1. The summed E-state index contributed by atoms with van der Waals surface area (Å²) in [6.07, 6.45) is 12.6. The molecular formula is C13H31N. The van der Waals surface area contributed by atoms with Crippen LogP contribution in [0.4, 0.5) is 0 Å². The zero-order valence-electron chi connectivity index (χ0n) is 10.3. The molecule has 1 heteroatoms. The van der Waals surface area contributed by atoms with E-state index in [-0.39, 0.29) is 1.43 Å². The summed E-state index contributed by atoms with van der Waals surface area (Å²) < 4.78 is 0. The Morgan fingerprint density at radius 2 is 1.21 bits per heavy atom. The Hall–Kier alpha value is -0.0400. The fourth-order valence-electron chi connectivity index (χ4n) is 1.69. The van der Waals surface area contributed by atoms with Crippen molar-refractivity contribution in [3.05, 3.63) is 0 Å². The zero-order valence-corrected chi connectivity index (χ0v) is 10.3. The van der Waals surface area contributed by atoms with E-state index in [9.17, 15) is 0 Å².